The van der Waals surface area contributed by atoms with Crippen LogP contribution in [-0.2, 0) is 9.59 Å². The minimum Gasteiger partial charge on any atom is -0.320 e. The van der Waals surface area contributed by atoms with Crippen LogP contribution in [0.1, 0.15) is 16.1 Å². The van der Waals surface area contributed by atoms with E-state index in [2.05, 4.69) is 47.9 Å². The summed E-state index contributed by atoms with van der Waals surface area (Å²) in [6.07, 6.45) is 0. The first-order chi connectivity index (χ1) is 15.8. The highest BCUT2D eigenvalue weighted by atomic mass is 79.9. The van der Waals surface area contributed by atoms with Crippen LogP contribution in [0.5, 0.6) is 0 Å². The number of benzene rings is 3. The molecule has 1 heterocycles. The maximum absolute atomic E-state index is 13.2. The van der Waals surface area contributed by atoms with Crippen molar-refractivity contribution in [1.29, 1.82) is 0 Å². The van der Waals surface area contributed by atoms with E-state index < -0.39 is 17.7 Å². The third-order valence-corrected chi connectivity index (χ3v) is 5.97. The average molecular weight is 570 g/mol. The van der Waals surface area contributed by atoms with E-state index in [0.29, 0.717) is 22.3 Å². The standard InChI is InChI=1S/C24H18Br2N4O3/c1-14-7-9-19(18(26)11-14)28-22(31)21-13-15-12-16(25)8-10-20(15)30(21)29-24(33)23(32)27-17-5-3-2-4-6-17/h2-13H,1H3,(H,27,32)(H,28,31)(H,29,33). The fourth-order valence-corrected chi connectivity index (χ4v) is 4.21. The van der Waals surface area contributed by atoms with E-state index >= 15 is 0 Å². The molecule has 1 aromatic heterocycles. The number of rotatable bonds is 4. The van der Waals surface area contributed by atoms with Crippen LogP contribution in [0.25, 0.3) is 10.9 Å². The maximum atomic E-state index is 13.2. The summed E-state index contributed by atoms with van der Waals surface area (Å²) in [7, 11) is 0. The van der Waals surface area contributed by atoms with Gasteiger partial charge in [-0.3, -0.25) is 19.8 Å². The van der Waals surface area contributed by atoms with Crippen molar-refractivity contribution in [3.8, 4) is 0 Å². The molecule has 0 aliphatic rings. The molecule has 0 bridgehead atoms. The Balaban J connectivity index is 1.65. The fraction of sp³-hybridized carbons (Fsp3) is 0.0417. The van der Waals surface area contributed by atoms with Gasteiger partial charge in [0.2, 0.25) is 0 Å². The van der Waals surface area contributed by atoms with Gasteiger partial charge in [-0.15, -0.1) is 0 Å². The van der Waals surface area contributed by atoms with Crippen molar-refractivity contribution >= 4 is 71.9 Å². The van der Waals surface area contributed by atoms with Crippen molar-refractivity contribution in [2.24, 2.45) is 0 Å². The molecule has 0 saturated carbocycles. The Morgan fingerprint density at radius 1 is 0.818 bits per heavy atom. The first-order valence-electron chi connectivity index (χ1n) is 9.88. The van der Waals surface area contributed by atoms with Crippen molar-refractivity contribution in [3.05, 3.63) is 93.0 Å². The molecule has 0 aliphatic carbocycles. The lowest BCUT2D eigenvalue weighted by molar-refractivity contribution is -0.133. The van der Waals surface area contributed by atoms with Gasteiger partial charge in [0.05, 0.1) is 11.2 Å². The Labute approximate surface area is 206 Å². The lowest BCUT2D eigenvalue weighted by Crippen LogP contribution is -2.36. The lowest BCUT2D eigenvalue weighted by Gasteiger charge is -2.13. The number of para-hydroxylation sites is 1. The van der Waals surface area contributed by atoms with Crippen molar-refractivity contribution in [3.63, 3.8) is 0 Å². The molecule has 0 spiro atoms. The molecular weight excluding hydrogens is 552 g/mol. The molecule has 33 heavy (non-hydrogen) atoms. The number of hydrogen-bond acceptors (Lipinski definition) is 3. The SMILES string of the molecule is Cc1ccc(NC(=O)c2cc3cc(Br)ccc3n2NC(=O)C(=O)Nc2ccccc2)c(Br)c1. The van der Waals surface area contributed by atoms with Crippen LogP contribution in [0.15, 0.2) is 81.7 Å². The van der Waals surface area contributed by atoms with E-state index in [1.165, 1.54) is 4.68 Å². The molecule has 3 amide bonds. The van der Waals surface area contributed by atoms with Gasteiger partial charge in [-0.1, -0.05) is 40.2 Å². The summed E-state index contributed by atoms with van der Waals surface area (Å²) in [5.41, 5.74) is 5.37. The average Bonchev–Trinajstić information content (AvgIpc) is 3.13. The van der Waals surface area contributed by atoms with Gasteiger partial charge in [-0.25, -0.2) is 4.68 Å². The monoisotopic (exact) mass is 568 g/mol. The third kappa shape index (κ3) is 5.15. The molecule has 9 heteroatoms. The van der Waals surface area contributed by atoms with Gasteiger partial charge in [0, 0.05) is 20.0 Å². The van der Waals surface area contributed by atoms with Crippen LogP contribution in [-0.4, -0.2) is 22.4 Å². The molecule has 166 valence electrons. The molecule has 0 aliphatic heterocycles. The van der Waals surface area contributed by atoms with Crippen LogP contribution in [0.4, 0.5) is 11.4 Å². The molecule has 0 fully saturated rings. The second kappa shape index (κ2) is 9.60. The second-order valence-electron chi connectivity index (χ2n) is 7.27. The number of amides is 3. The maximum Gasteiger partial charge on any atom is 0.328 e. The number of carbonyl (C=O) groups excluding carboxylic acids is 3. The molecule has 0 unspecified atom stereocenters. The minimum absolute atomic E-state index is 0.163. The zero-order valence-electron chi connectivity index (χ0n) is 17.4. The van der Waals surface area contributed by atoms with Gasteiger partial charge in [0.25, 0.3) is 5.91 Å². The molecule has 7 nitrogen and oxygen atoms in total. The van der Waals surface area contributed by atoms with Crippen LogP contribution in [0.3, 0.4) is 0 Å². The third-order valence-electron chi connectivity index (χ3n) is 4.82. The number of anilines is 2. The predicted molar refractivity (Wildman–Crippen MR) is 136 cm³/mol. The Morgan fingerprint density at radius 2 is 1.58 bits per heavy atom. The largest absolute Gasteiger partial charge is 0.328 e. The zero-order chi connectivity index (χ0) is 23.5. The zero-order valence-corrected chi connectivity index (χ0v) is 20.5. The van der Waals surface area contributed by atoms with Crippen molar-refractivity contribution in [2.45, 2.75) is 6.92 Å². The number of nitrogens with one attached hydrogen (secondary N) is 3. The molecule has 0 saturated heterocycles. The summed E-state index contributed by atoms with van der Waals surface area (Å²) in [5.74, 6) is -2.21. The number of nitrogens with zero attached hydrogens (tertiary/aromatic N) is 1. The van der Waals surface area contributed by atoms with Gasteiger partial charge in [0.1, 0.15) is 5.69 Å². The molecule has 0 atom stereocenters. The quantitative estimate of drug-likeness (QED) is 0.286. The second-order valence-corrected chi connectivity index (χ2v) is 9.04. The van der Waals surface area contributed by atoms with Gasteiger partial charge < -0.3 is 10.6 Å². The minimum atomic E-state index is -0.912. The first-order valence-corrected chi connectivity index (χ1v) is 11.5. The number of hydrogen-bond donors (Lipinski definition) is 3. The predicted octanol–water partition coefficient (Wildman–Crippen LogP) is 5.44. The molecular formula is C24H18Br2N4O3. The van der Waals surface area contributed by atoms with E-state index in [9.17, 15) is 14.4 Å². The number of aryl methyl sites for hydroxylation is 1. The fourth-order valence-electron chi connectivity index (χ4n) is 3.24. The van der Waals surface area contributed by atoms with E-state index in [1.807, 2.05) is 25.1 Å². The lowest BCUT2D eigenvalue weighted by atomic mass is 10.2. The highest BCUT2D eigenvalue weighted by Gasteiger charge is 2.21. The van der Waals surface area contributed by atoms with Crippen LogP contribution < -0.4 is 16.1 Å². The molecule has 0 radical (unpaired) electrons. The number of halogens is 2. The summed E-state index contributed by atoms with van der Waals surface area (Å²) >= 11 is 6.87. The van der Waals surface area contributed by atoms with Crippen LogP contribution in [0.2, 0.25) is 0 Å². The van der Waals surface area contributed by atoms with E-state index in [4.69, 9.17) is 0 Å². The molecule has 4 rings (SSSR count). The van der Waals surface area contributed by atoms with Crippen molar-refractivity contribution < 1.29 is 14.4 Å². The van der Waals surface area contributed by atoms with Crippen LogP contribution >= 0.6 is 31.9 Å². The van der Waals surface area contributed by atoms with Gasteiger partial charge in [0.15, 0.2) is 0 Å². The Hall–Kier alpha value is -3.43. The molecule has 3 N–H and O–H groups in total. The van der Waals surface area contributed by atoms with Crippen molar-refractivity contribution in [2.75, 3.05) is 16.1 Å². The summed E-state index contributed by atoms with van der Waals surface area (Å²) in [6, 6.07) is 21.2. The van der Waals surface area contributed by atoms with Gasteiger partial charge in [-0.2, -0.15) is 0 Å². The van der Waals surface area contributed by atoms with E-state index in [-0.39, 0.29) is 5.69 Å². The molecule has 4 aromatic rings. The summed E-state index contributed by atoms with van der Waals surface area (Å²) in [4.78, 5) is 38.2. The topological polar surface area (TPSA) is 92.2 Å². The van der Waals surface area contributed by atoms with E-state index in [0.717, 1.165) is 14.5 Å². The van der Waals surface area contributed by atoms with Gasteiger partial charge >= 0.3 is 11.8 Å². The van der Waals surface area contributed by atoms with Gasteiger partial charge in [-0.05, 0) is 76.9 Å². The van der Waals surface area contributed by atoms with E-state index in [1.54, 1.807) is 54.6 Å². The normalized spacial score (nSPS) is 10.6. The Bertz CT molecular complexity index is 1380. The smallest absolute Gasteiger partial charge is 0.320 e. The molecule has 3 aromatic carbocycles. The van der Waals surface area contributed by atoms with Crippen LogP contribution in [0, 0.1) is 6.92 Å². The Morgan fingerprint density at radius 3 is 2.30 bits per heavy atom. The summed E-state index contributed by atoms with van der Waals surface area (Å²) < 4.78 is 2.85. The number of aromatic nitrogens is 1. The number of carbonyl (C=O) groups is 3. The van der Waals surface area contributed by atoms with Crippen molar-refractivity contribution in [1.82, 2.24) is 4.68 Å². The highest BCUT2D eigenvalue weighted by molar-refractivity contribution is 9.10. The summed E-state index contributed by atoms with van der Waals surface area (Å²) in [6.45, 7) is 1.95. The highest BCUT2D eigenvalue weighted by Crippen LogP contribution is 2.26. The first kappa shape index (κ1) is 22.8. The summed E-state index contributed by atoms with van der Waals surface area (Å²) in [5, 5.41) is 6.09. The Kier molecular flexibility index (Phi) is 6.62. The number of fused-ring (bicyclic) bond motifs is 1.